The zero-order chi connectivity index (χ0) is 38.7. The van der Waals surface area contributed by atoms with E-state index in [9.17, 15) is 0 Å². The molecule has 0 N–H and O–H groups in total. The minimum Gasteiger partial charge on any atom is -0.310 e. The minimum absolute atomic E-state index is 0.528. The van der Waals surface area contributed by atoms with Gasteiger partial charge in [0.25, 0.3) is 0 Å². The molecule has 0 atom stereocenters. The normalized spacial score (nSPS) is 13.9. The van der Waals surface area contributed by atoms with Gasteiger partial charge in [-0.2, -0.15) is 0 Å². The lowest BCUT2D eigenvalue weighted by atomic mass is 9.67. The molecule has 0 unspecified atom stereocenters. The first-order valence-corrected chi connectivity index (χ1v) is 20.3. The zero-order valence-electron chi connectivity index (χ0n) is 31.8. The SMILES string of the molecule is Clc1cccc(N(c2ccc3c(c2)C(c2ccccc2)(c2ccccc2)c2ccccc2-3)c2cccc3c2-c2ccccc2C3(c2ccccc2)c2ccccc2)c1. The third-order valence-corrected chi connectivity index (χ3v) is 12.7. The molecule has 0 radical (unpaired) electrons. The highest BCUT2D eigenvalue weighted by molar-refractivity contribution is 6.30. The summed E-state index contributed by atoms with van der Waals surface area (Å²) >= 11 is 6.90. The molecule has 0 fully saturated rings. The minimum atomic E-state index is -0.536. The zero-order valence-corrected chi connectivity index (χ0v) is 32.5. The molecular weight excluding hydrogens is 722 g/mol. The highest BCUT2D eigenvalue weighted by atomic mass is 35.5. The number of anilines is 3. The maximum atomic E-state index is 6.90. The van der Waals surface area contributed by atoms with E-state index in [0.29, 0.717) is 5.02 Å². The largest absolute Gasteiger partial charge is 0.310 e. The van der Waals surface area contributed by atoms with Crippen LogP contribution in [-0.4, -0.2) is 0 Å². The molecule has 58 heavy (non-hydrogen) atoms. The van der Waals surface area contributed by atoms with Gasteiger partial charge in [0.05, 0.1) is 16.5 Å². The van der Waals surface area contributed by atoms with Gasteiger partial charge in [0.15, 0.2) is 0 Å². The van der Waals surface area contributed by atoms with Crippen molar-refractivity contribution in [1.29, 1.82) is 0 Å². The average molecular weight is 760 g/mol. The number of nitrogens with zero attached hydrogens (tertiary/aromatic N) is 1. The van der Waals surface area contributed by atoms with Gasteiger partial charge in [-0.3, -0.25) is 0 Å². The van der Waals surface area contributed by atoms with Gasteiger partial charge in [0.1, 0.15) is 0 Å². The van der Waals surface area contributed by atoms with E-state index in [2.05, 4.69) is 229 Å². The molecule has 9 aromatic rings. The third kappa shape index (κ3) is 4.90. The maximum absolute atomic E-state index is 6.90. The van der Waals surface area contributed by atoms with Crippen LogP contribution < -0.4 is 4.90 Å². The number of hydrogen-bond acceptors (Lipinski definition) is 1. The fourth-order valence-electron chi connectivity index (χ4n) is 10.3. The summed E-state index contributed by atoms with van der Waals surface area (Å²) in [7, 11) is 0. The van der Waals surface area contributed by atoms with Gasteiger partial charge >= 0.3 is 0 Å². The smallest absolute Gasteiger partial charge is 0.0714 e. The van der Waals surface area contributed by atoms with E-state index in [-0.39, 0.29) is 0 Å². The maximum Gasteiger partial charge on any atom is 0.0714 e. The van der Waals surface area contributed by atoms with Gasteiger partial charge < -0.3 is 4.90 Å². The van der Waals surface area contributed by atoms with Crippen LogP contribution in [0.4, 0.5) is 17.1 Å². The Morgan fingerprint density at radius 2 is 0.741 bits per heavy atom. The molecule has 0 saturated carbocycles. The van der Waals surface area contributed by atoms with Crippen molar-refractivity contribution in [1.82, 2.24) is 0 Å². The summed E-state index contributed by atoms with van der Waals surface area (Å²) in [6.45, 7) is 0. The molecular formula is C56H38ClN. The molecule has 0 aliphatic heterocycles. The number of halogens is 1. The van der Waals surface area contributed by atoms with Crippen LogP contribution in [0.1, 0.15) is 44.5 Å². The Morgan fingerprint density at radius 1 is 0.310 bits per heavy atom. The van der Waals surface area contributed by atoms with Gasteiger partial charge in [0.2, 0.25) is 0 Å². The Hall–Kier alpha value is -6.93. The summed E-state index contributed by atoms with van der Waals surface area (Å²) in [5.41, 5.74) is 17.1. The lowest BCUT2D eigenvalue weighted by Crippen LogP contribution is -2.29. The van der Waals surface area contributed by atoms with Crippen molar-refractivity contribution in [3.63, 3.8) is 0 Å². The first kappa shape index (κ1) is 34.3. The summed E-state index contributed by atoms with van der Waals surface area (Å²) in [5, 5.41) is 0.690. The van der Waals surface area contributed by atoms with Crippen molar-refractivity contribution < 1.29 is 0 Å². The molecule has 1 nitrogen and oxygen atoms in total. The lowest BCUT2D eigenvalue weighted by molar-refractivity contribution is 0.768. The van der Waals surface area contributed by atoms with Gasteiger partial charge in [-0.1, -0.05) is 206 Å². The van der Waals surface area contributed by atoms with Crippen molar-refractivity contribution >= 4 is 28.7 Å². The molecule has 0 amide bonds. The van der Waals surface area contributed by atoms with Gasteiger partial charge in [-0.05, 0) is 97.6 Å². The van der Waals surface area contributed by atoms with Crippen molar-refractivity contribution in [2.75, 3.05) is 4.90 Å². The van der Waals surface area contributed by atoms with Crippen LogP contribution in [0.15, 0.2) is 231 Å². The predicted octanol–water partition coefficient (Wildman–Crippen LogP) is 14.5. The van der Waals surface area contributed by atoms with E-state index in [1.54, 1.807) is 0 Å². The highest BCUT2D eigenvalue weighted by Crippen LogP contribution is 2.61. The summed E-state index contributed by atoms with van der Waals surface area (Å²) in [4.78, 5) is 2.43. The molecule has 274 valence electrons. The number of rotatable bonds is 7. The van der Waals surface area contributed by atoms with Crippen LogP contribution in [0.5, 0.6) is 0 Å². The fraction of sp³-hybridized carbons (Fsp3) is 0.0357. The van der Waals surface area contributed by atoms with Crippen molar-refractivity contribution in [3.05, 3.63) is 280 Å². The van der Waals surface area contributed by atoms with Crippen LogP contribution in [-0.2, 0) is 10.8 Å². The van der Waals surface area contributed by atoms with Gasteiger partial charge in [-0.25, -0.2) is 0 Å². The quantitative estimate of drug-likeness (QED) is 0.156. The van der Waals surface area contributed by atoms with Crippen molar-refractivity contribution in [3.8, 4) is 22.3 Å². The number of benzene rings is 9. The van der Waals surface area contributed by atoms with Crippen LogP contribution in [0.25, 0.3) is 22.3 Å². The van der Waals surface area contributed by atoms with E-state index in [1.165, 1.54) is 66.8 Å². The lowest BCUT2D eigenvalue weighted by Gasteiger charge is -2.35. The van der Waals surface area contributed by atoms with E-state index < -0.39 is 10.8 Å². The van der Waals surface area contributed by atoms with Crippen LogP contribution >= 0.6 is 11.6 Å². The molecule has 0 saturated heterocycles. The van der Waals surface area contributed by atoms with Crippen molar-refractivity contribution in [2.24, 2.45) is 0 Å². The Kier molecular flexibility index (Phi) is 8.06. The topological polar surface area (TPSA) is 3.24 Å². The van der Waals surface area contributed by atoms with Crippen LogP contribution in [0, 0.1) is 0 Å². The Labute approximate surface area is 345 Å². The molecule has 0 spiro atoms. The monoisotopic (exact) mass is 759 g/mol. The first-order chi connectivity index (χ1) is 28.7. The molecule has 11 rings (SSSR count). The first-order valence-electron chi connectivity index (χ1n) is 20.0. The molecule has 2 aliphatic rings. The van der Waals surface area contributed by atoms with Gasteiger partial charge in [0, 0.05) is 22.0 Å². The average Bonchev–Trinajstić information content (AvgIpc) is 3.77. The second-order valence-corrected chi connectivity index (χ2v) is 15.7. The van der Waals surface area contributed by atoms with E-state index in [1.807, 2.05) is 6.07 Å². The summed E-state index contributed by atoms with van der Waals surface area (Å²) in [6.07, 6.45) is 0. The molecule has 2 aliphatic carbocycles. The molecule has 9 aromatic carbocycles. The Balaban J connectivity index is 1.23. The summed E-state index contributed by atoms with van der Waals surface area (Å²) < 4.78 is 0. The molecule has 0 aromatic heterocycles. The second-order valence-electron chi connectivity index (χ2n) is 15.3. The Bertz CT molecular complexity index is 2880. The third-order valence-electron chi connectivity index (χ3n) is 12.5. The Morgan fingerprint density at radius 3 is 1.31 bits per heavy atom. The number of fused-ring (bicyclic) bond motifs is 6. The summed E-state index contributed by atoms with van der Waals surface area (Å²) in [5.74, 6) is 0. The fourth-order valence-corrected chi connectivity index (χ4v) is 10.5. The molecule has 0 heterocycles. The standard InChI is InChI=1S/C56H38ClN/c57-43-27-17-28-44(37-43)58(45-35-36-47-46-29-13-15-31-49(46)56(52(47)38-45,41-23-9-3-10-24-41)42-25-11-4-12-26-42)53-34-18-33-51-54(53)48-30-14-16-32-50(48)55(51,39-19-5-1-6-20-39)40-21-7-2-8-22-40/h1-38H. The molecule has 0 bridgehead atoms. The van der Waals surface area contributed by atoms with Crippen LogP contribution in [0.2, 0.25) is 5.02 Å². The molecule has 2 heteroatoms. The highest BCUT2D eigenvalue weighted by Gasteiger charge is 2.48. The van der Waals surface area contributed by atoms with Crippen LogP contribution in [0.3, 0.4) is 0 Å². The van der Waals surface area contributed by atoms with E-state index in [4.69, 9.17) is 11.6 Å². The second kappa shape index (κ2) is 13.6. The summed E-state index contributed by atoms with van der Waals surface area (Å²) in [6, 6.07) is 84.2. The predicted molar refractivity (Wildman–Crippen MR) is 241 cm³/mol. The van der Waals surface area contributed by atoms with Gasteiger partial charge in [-0.15, -0.1) is 0 Å². The van der Waals surface area contributed by atoms with E-state index >= 15 is 0 Å². The van der Waals surface area contributed by atoms with Crippen molar-refractivity contribution in [2.45, 2.75) is 10.8 Å². The number of hydrogen-bond donors (Lipinski definition) is 0. The van der Waals surface area contributed by atoms with E-state index in [0.717, 1.165) is 17.1 Å².